The highest BCUT2D eigenvalue weighted by Gasteiger charge is 2.21. The minimum Gasteiger partial charge on any atom is -0.361 e. The van der Waals surface area contributed by atoms with Gasteiger partial charge < -0.3 is 9.51 Å². The number of rotatable bonds is 4. The second-order valence-electron chi connectivity index (χ2n) is 6.24. The monoisotopic (exact) mass is 381 g/mol. The third-order valence-electron chi connectivity index (χ3n) is 4.25. The molecule has 0 fully saturated rings. The molecule has 0 radical (unpaired) electrons. The number of hydrogen-bond acceptors (Lipinski definition) is 6. The first-order valence-electron chi connectivity index (χ1n) is 8.09. The summed E-state index contributed by atoms with van der Waals surface area (Å²) < 4.78 is 28.8. The van der Waals surface area contributed by atoms with E-state index in [0.717, 1.165) is 6.26 Å². The van der Waals surface area contributed by atoms with E-state index in [1.807, 2.05) is 0 Å². The Balaban J connectivity index is 1.93. The summed E-state index contributed by atoms with van der Waals surface area (Å²) in [6, 6.07) is 9.92. The van der Waals surface area contributed by atoms with Crippen LogP contribution in [0.1, 0.15) is 21.8 Å². The van der Waals surface area contributed by atoms with Crippen LogP contribution in [0.3, 0.4) is 0 Å². The predicted molar refractivity (Wildman–Crippen MR) is 99.3 cm³/mol. The van der Waals surface area contributed by atoms with Gasteiger partial charge in [-0.25, -0.2) is 13.4 Å². The summed E-state index contributed by atoms with van der Waals surface area (Å²) in [5, 5.41) is 4.39. The van der Waals surface area contributed by atoms with Gasteiger partial charge in [0.05, 0.1) is 10.5 Å². The summed E-state index contributed by atoms with van der Waals surface area (Å²) in [5.41, 5.74) is 2.51. The highest BCUT2D eigenvalue weighted by atomic mass is 32.2. The van der Waals surface area contributed by atoms with Crippen LogP contribution in [0.5, 0.6) is 0 Å². The third kappa shape index (κ3) is 3.04. The SMILES string of the molecule is Cc1cc(C(=O)c2c[nH]c3nccc(-c4cccc(S(C)(=O)=O)c4)c23)no1. The van der Waals surface area contributed by atoms with Crippen LogP contribution >= 0.6 is 0 Å². The average molecular weight is 381 g/mol. The fourth-order valence-electron chi connectivity index (χ4n) is 2.98. The number of sulfone groups is 1. The lowest BCUT2D eigenvalue weighted by Crippen LogP contribution is -2.01. The van der Waals surface area contributed by atoms with Gasteiger partial charge in [0.2, 0.25) is 5.78 Å². The zero-order chi connectivity index (χ0) is 19.2. The lowest BCUT2D eigenvalue weighted by molar-refractivity contribution is 0.103. The first-order valence-corrected chi connectivity index (χ1v) is 9.98. The molecule has 3 heterocycles. The molecule has 0 unspecified atom stereocenters. The van der Waals surface area contributed by atoms with Gasteiger partial charge in [-0.3, -0.25) is 4.79 Å². The summed E-state index contributed by atoms with van der Waals surface area (Å²) in [6.07, 6.45) is 4.34. The summed E-state index contributed by atoms with van der Waals surface area (Å²) in [6.45, 7) is 1.71. The number of aryl methyl sites for hydroxylation is 1. The predicted octanol–water partition coefficient (Wildman–Crippen LogP) is 3.16. The van der Waals surface area contributed by atoms with Gasteiger partial charge in [0, 0.05) is 30.1 Å². The Kier molecular flexibility index (Phi) is 3.92. The highest BCUT2D eigenvalue weighted by molar-refractivity contribution is 7.90. The van der Waals surface area contributed by atoms with E-state index in [9.17, 15) is 13.2 Å². The second kappa shape index (κ2) is 6.17. The van der Waals surface area contributed by atoms with Crippen molar-refractivity contribution in [1.29, 1.82) is 0 Å². The Morgan fingerprint density at radius 2 is 2.00 bits per heavy atom. The molecule has 1 N–H and O–H groups in total. The molecule has 7 nitrogen and oxygen atoms in total. The maximum Gasteiger partial charge on any atom is 0.217 e. The van der Waals surface area contributed by atoms with Crippen molar-refractivity contribution in [2.45, 2.75) is 11.8 Å². The highest BCUT2D eigenvalue weighted by Crippen LogP contribution is 2.32. The Labute approximate surface area is 155 Å². The van der Waals surface area contributed by atoms with E-state index in [4.69, 9.17) is 4.52 Å². The number of carbonyl (C=O) groups excluding carboxylic acids is 1. The summed E-state index contributed by atoms with van der Waals surface area (Å²) in [5.74, 6) is 0.240. The molecule has 0 aliphatic heterocycles. The van der Waals surface area contributed by atoms with Gasteiger partial charge in [0.25, 0.3) is 0 Å². The number of pyridine rings is 1. The lowest BCUT2D eigenvalue weighted by Gasteiger charge is -2.07. The fourth-order valence-corrected chi connectivity index (χ4v) is 3.65. The van der Waals surface area contributed by atoms with Crippen molar-refractivity contribution >= 4 is 26.7 Å². The molecule has 0 atom stereocenters. The van der Waals surface area contributed by atoms with E-state index in [-0.39, 0.29) is 16.4 Å². The van der Waals surface area contributed by atoms with Crippen LogP contribution in [-0.2, 0) is 9.84 Å². The van der Waals surface area contributed by atoms with Crippen LogP contribution in [0.25, 0.3) is 22.2 Å². The maximum atomic E-state index is 12.9. The first kappa shape index (κ1) is 17.2. The van der Waals surface area contributed by atoms with Crippen molar-refractivity contribution in [2.24, 2.45) is 0 Å². The molecule has 8 heteroatoms. The van der Waals surface area contributed by atoms with Crippen LogP contribution in [-0.4, -0.2) is 35.6 Å². The molecular weight excluding hydrogens is 366 g/mol. The van der Waals surface area contributed by atoms with E-state index in [0.29, 0.717) is 33.5 Å². The normalized spacial score (nSPS) is 11.8. The molecule has 0 aliphatic rings. The Morgan fingerprint density at radius 1 is 1.19 bits per heavy atom. The molecule has 3 aromatic heterocycles. The molecule has 0 bridgehead atoms. The standard InChI is InChI=1S/C19H15N3O4S/c1-11-8-16(22-26-11)18(23)15-10-21-19-17(15)14(6-7-20-19)12-4-3-5-13(9-12)27(2,24)25/h3-10H,1-2H3,(H,20,21). The van der Waals surface area contributed by atoms with Gasteiger partial charge in [0.15, 0.2) is 15.5 Å². The number of fused-ring (bicyclic) bond motifs is 1. The van der Waals surface area contributed by atoms with Gasteiger partial charge in [-0.15, -0.1) is 0 Å². The van der Waals surface area contributed by atoms with Crippen LogP contribution in [0.15, 0.2) is 58.2 Å². The van der Waals surface area contributed by atoms with Crippen LogP contribution in [0, 0.1) is 6.92 Å². The van der Waals surface area contributed by atoms with Gasteiger partial charge in [0.1, 0.15) is 11.4 Å². The lowest BCUT2D eigenvalue weighted by atomic mass is 9.99. The number of carbonyl (C=O) groups is 1. The van der Waals surface area contributed by atoms with Crippen molar-refractivity contribution in [1.82, 2.24) is 15.1 Å². The zero-order valence-corrected chi connectivity index (χ0v) is 15.4. The molecule has 27 heavy (non-hydrogen) atoms. The average Bonchev–Trinajstić information content (AvgIpc) is 3.26. The summed E-state index contributed by atoms with van der Waals surface area (Å²) in [7, 11) is -3.35. The Bertz CT molecular complexity index is 1290. The van der Waals surface area contributed by atoms with Crippen molar-refractivity contribution in [2.75, 3.05) is 6.26 Å². The second-order valence-corrected chi connectivity index (χ2v) is 8.25. The number of ketones is 1. The molecular formula is C19H15N3O4S. The maximum absolute atomic E-state index is 12.9. The number of benzene rings is 1. The molecule has 4 rings (SSSR count). The van der Waals surface area contributed by atoms with E-state index in [1.165, 1.54) is 0 Å². The third-order valence-corrected chi connectivity index (χ3v) is 5.36. The van der Waals surface area contributed by atoms with E-state index < -0.39 is 9.84 Å². The first-order chi connectivity index (χ1) is 12.8. The van der Waals surface area contributed by atoms with E-state index in [2.05, 4.69) is 15.1 Å². The topological polar surface area (TPSA) is 106 Å². The molecule has 136 valence electrons. The molecule has 0 spiro atoms. The van der Waals surface area contributed by atoms with Crippen molar-refractivity contribution in [3.05, 3.63) is 65.8 Å². The number of aromatic nitrogens is 3. The van der Waals surface area contributed by atoms with Crippen LogP contribution in [0.2, 0.25) is 0 Å². The minimum atomic E-state index is -3.35. The number of aromatic amines is 1. The quantitative estimate of drug-likeness (QED) is 0.544. The van der Waals surface area contributed by atoms with Crippen molar-refractivity contribution < 1.29 is 17.7 Å². The smallest absolute Gasteiger partial charge is 0.217 e. The van der Waals surface area contributed by atoms with Gasteiger partial charge in [-0.2, -0.15) is 0 Å². The molecule has 4 aromatic rings. The van der Waals surface area contributed by atoms with Crippen molar-refractivity contribution in [3.63, 3.8) is 0 Å². The fraction of sp³-hybridized carbons (Fsp3) is 0.105. The van der Waals surface area contributed by atoms with Crippen LogP contribution in [0.4, 0.5) is 0 Å². The van der Waals surface area contributed by atoms with Gasteiger partial charge >= 0.3 is 0 Å². The molecule has 0 amide bonds. The van der Waals surface area contributed by atoms with E-state index in [1.54, 1.807) is 55.7 Å². The number of H-pyrrole nitrogens is 1. The summed E-state index contributed by atoms with van der Waals surface area (Å²) >= 11 is 0. The minimum absolute atomic E-state index is 0.202. The molecule has 0 saturated heterocycles. The number of nitrogens with one attached hydrogen (secondary N) is 1. The van der Waals surface area contributed by atoms with E-state index >= 15 is 0 Å². The molecule has 0 aliphatic carbocycles. The number of nitrogens with zero attached hydrogens (tertiary/aromatic N) is 2. The largest absolute Gasteiger partial charge is 0.361 e. The molecule has 1 aromatic carbocycles. The van der Waals surface area contributed by atoms with Gasteiger partial charge in [-0.1, -0.05) is 17.3 Å². The Hall–Kier alpha value is -3.26. The number of hydrogen-bond donors (Lipinski definition) is 1. The Morgan fingerprint density at radius 3 is 2.70 bits per heavy atom. The molecule has 0 saturated carbocycles. The van der Waals surface area contributed by atoms with Crippen molar-refractivity contribution in [3.8, 4) is 11.1 Å². The zero-order valence-electron chi connectivity index (χ0n) is 14.6. The summed E-state index contributed by atoms with van der Waals surface area (Å²) in [4.78, 5) is 20.3. The van der Waals surface area contributed by atoms with Gasteiger partial charge in [-0.05, 0) is 36.2 Å². The van der Waals surface area contributed by atoms with Crippen LogP contribution < -0.4 is 0 Å².